The molecule has 4 rings (SSSR count). The van der Waals surface area contributed by atoms with Crippen LogP contribution < -0.4 is 0 Å². The van der Waals surface area contributed by atoms with Crippen LogP contribution in [-0.2, 0) is 30.4 Å². The second kappa shape index (κ2) is 11.5. The number of nitriles is 1. The van der Waals surface area contributed by atoms with Gasteiger partial charge in [0, 0.05) is 10.8 Å². The molecule has 0 spiro atoms. The maximum Gasteiger partial charge on any atom is 0.338 e. The van der Waals surface area contributed by atoms with Crippen molar-refractivity contribution in [2.24, 2.45) is 20.5 Å². The van der Waals surface area contributed by atoms with E-state index in [2.05, 4.69) is 20.5 Å². The molecule has 4 aromatic carbocycles. The van der Waals surface area contributed by atoms with Crippen molar-refractivity contribution >= 4 is 69.8 Å². The third-order valence-corrected chi connectivity index (χ3v) is 8.38. The molecular weight excluding hydrogens is 646 g/mol. The Morgan fingerprint density at radius 1 is 0.705 bits per heavy atom. The second-order valence-corrected chi connectivity index (χ2v) is 12.7. The fourth-order valence-electron chi connectivity index (χ4n) is 3.79. The summed E-state index contributed by atoms with van der Waals surface area (Å²) >= 11 is 0. The molecule has 0 amide bonds. The van der Waals surface area contributed by atoms with Gasteiger partial charge in [-0.1, -0.05) is 0 Å². The lowest BCUT2D eigenvalue weighted by Crippen LogP contribution is -2.03. The number of hydrogen-bond acceptors (Lipinski definition) is 13. The van der Waals surface area contributed by atoms with Gasteiger partial charge in [0.05, 0.1) is 33.5 Å². The molecule has 0 saturated carbocycles. The Balaban J connectivity index is 1.83. The number of nitrogens with zero attached hydrogens (tertiary/aromatic N) is 5. The molecule has 44 heavy (non-hydrogen) atoms. The normalized spacial score (nSPS) is 12.6. The van der Waals surface area contributed by atoms with E-state index in [1.54, 1.807) is 6.07 Å². The van der Waals surface area contributed by atoms with Crippen LogP contribution in [0.15, 0.2) is 95.8 Å². The van der Waals surface area contributed by atoms with E-state index in [0.29, 0.717) is 6.07 Å². The van der Waals surface area contributed by atoms with Gasteiger partial charge in [-0.15, -0.1) is 10.2 Å². The Morgan fingerprint density at radius 2 is 1.30 bits per heavy atom. The molecule has 0 fully saturated rings. The maximum absolute atomic E-state index is 12.2. The van der Waals surface area contributed by atoms with Gasteiger partial charge in [-0.2, -0.15) is 40.7 Å². The van der Waals surface area contributed by atoms with E-state index < -0.39 is 84.5 Å². The summed E-state index contributed by atoms with van der Waals surface area (Å²) in [4.78, 5) is 9.44. The fourth-order valence-corrected chi connectivity index (χ4v) is 5.60. The molecule has 0 saturated heterocycles. The molecule has 0 heterocycles. The van der Waals surface area contributed by atoms with Crippen molar-refractivity contribution in [3.8, 4) is 11.8 Å². The molecule has 5 N–H and O–H groups in total. The first-order valence-corrected chi connectivity index (χ1v) is 15.7. The molecule has 17 nitrogen and oxygen atoms in total. The van der Waals surface area contributed by atoms with Crippen LogP contribution >= 0.6 is 0 Å². The Kier molecular flexibility index (Phi) is 8.29. The summed E-state index contributed by atoms with van der Waals surface area (Å²) in [5, 5.41) is 43.7. The lowest BCUT2D eigenvalue weighted by Gasteiger charge is -2.12. The summed E-state index contributed by atoms with van der Waals surface area (Å²) < 4.78 is 98.7. The predicted molar refractivity (Wildman–Crippen MR) is 148 cm³/mol. The van der Waals surface area contributed by atoms with Gasteiger partial charge in [-0.25, -0.2) is 4.79 Å². The number of aromatic carboxylic acids is 1. The smallest absolute Gasteiger partial charge is 0.338 e. The summed E-state index contributed by atoms with van der Waals surface area (Å²) in [5.74, 6) is -2.70. The van der Waals surface area contributed by atoms with Crippen molar-refractivity contribution in [2.45, 2.75) is 14.7 Å². The Labute approximate surface area is 247 Å². The average molecular weight is 662 g/mol. The number of rotatable bonds is 8. The van der Waals surface area contributed by atoms with Crippen LogP contribution in [0.25, 0.3) is 10.8 Å². The molecule has 0 unspecified atom stereocenters. The molecule has 0 aliphatic rings. The van der Waals surface area contributed by atoms with Crippen molar-refractivity contribution in [2.75, 3.05) is 0 Å². The first-order valence-electron chi connectivity index (χ1n) is 11.4. The van der Waals surface area contributed by atoms with Crippen LogP contribution in [0.5, 0.6) is 5.75 Å². The van der Waals surface area contributed by atoms with E-state index in [9.17, 15) is 54.6 Å². The van der Waals surface area contributed by atoms with Crippen LogP contribution in [0, 0.1) is 11.3 Å². The number of fused-ring (bicyclic) bond motifs is 1. The maximum atomic E-state index is 12.2. The summed E-state index contributed by atoms with van der Waals surface area (Å²) in [6.07, 6.45) is 0. The Hall–Kier alpha value is -5.17. The molecule has 0 atom stereocenters. The number of carboxylic acids is 1. The van der Waals surface area contributed by atoms with E-state index in [4.69, 9.17) is 4.55 Å². The van der Waals surface area contributed by atoms with Crippen molar-refractivity contribution in [3.05, 3.63) is 71.8 Å². The third-order valence-electron chi connectivity index (χ3n) is 5.74. The van der Waals surface area contributed by atoms with Gasteiger partial charge in [0.1, 0.15) is 21.2 Å². The van der Waals surface area contributed by atoms with Gasteiger partial charge in [0.15, 0.2) is 5.75 Å². The van der Waals surface area contributed by atoms with Gasteiger partial charge in [-0.05, 0) is 60.7 Å². The van der Waals surface area contributed by atoms with Crippen molar-refractivity contribution in [1.82, 2.24) is 0 Å². The summed E-state index contributed by atoms with van der Waals surface area (Å²) in [5.41, 5.74) is -2.23. The first-order chi connectivity index (χ1) is 20.4. The molecule has 0 bridgehead atoms. The highest BCUT2D eigenvalue weighted by Crippen LogP contribution is 2.44. The fraction of sp³-hybridized carbons (Fsp3) is 0. The highest BCUT2D eigenvalue weighted by Gasteiger charge is 2.27. The van der Waals surface area contributed by atoms with Gasteiger partial charge in [0.25, 0.3) is 30.4 Å². The Bertz CT molecular complexity index is 2300. The largest absolute Gasteiger partial charge is 0.505 e. The minimum Gasteiger partial charge on any atom is -0.505 e. The molecular formula is C24H15N5O12S3. The highest BCUT2D eigenvalue weighted by molar-refractivity contribution is 7.86. The van der Waals surface area contributed by atoms with Crippen molar-refractivity contribution in [1.29, 1.82) is 5.26 Å². The number of hydrogen-bond donors (Lipinski definition) is 5. The van der Waals surface area contributed by atoms with E-state index in [1.807, 2.05) is 0 Å². The third kappa shape index (κ3) is 6.57. The van der Waals surface area contributed by atoms with Gasteiger partial charge in [-0.3, -0.25) is 13.7 Å². The zero-order valence-corrected chi connectivity index (χ0v) is 23.8. The van der Waals surface area contributed by atoms with Crippen LogP contribution in [-0.4, -0.2) is 55.1 Å². The number of aromatic hydroxyl groups is 1. The minimum absolute atomic E-state index is 0.0382. The molecule has 0 aliphatic heterocycles. The average Bonchev–Trinajstić information content (AvgIpc) is 2.93. The van der Waals surface area contributed by atoms with Crippen molar-refractivity contribution < 1.29 is 53.9 Å². The van der Waals surface area contributed by atoms with Crippen LogP contribution in [0.2, 0.25) is 0 Å². The van der Waals surface area contributed by atoms with Crippen LogP contribution in [0.1, 0.15) is 15.9 Å². The molecule has 20 heteroatoms. The predicted octanol–water partition coefficient (Wildman–Crippen LogP) is 4.69. The number of benzene rings is 4. The first kappa shape index (κ1) is 31.8. The standard InChI is InChI=1S/C24H15N5O12S3/c25-11-12-1-8-19(43(36,37)38)17-10-20(44(39,40)41)22(23(30)21(12)17)29-28-18-7-4-14(9-16(18)24(31)32)27-26-13-2-5-15(6-3-13)42(33,34)35/h1-10,30H,(H,31,32)(H,33,34,35)(H,36,37,38)(H,39,40,41). The quantitative estimate of drug-likeness (QED) is 0.127. The highest BCUT2D eigenvalue weighted by atomic mass is 32.2. The Morgan fingerprint density at radius 3 is 1.84 bits per heavy atom. The topological polar surface area (TPSA) is 294 Å². The second-order valence-electron chi connectivity index (χ2n) is 8.54. The summed E-state index contributed by atoms with van der Waals surface area (Å²) in [7, 11) is -14.7. The number of carbonyl (C=O) groups is 1. The van der Waals surface area contributed by atoms with E-state index >= 15 is 0 Å². The van der Waals surface area contributed by atoms with Gasteiger partial charge < -0.3 is 10.2 Å². The van der Waals surface area contributed by atoms with E-state index in [1.165, 1.54) is 18.2 Å². The SMILES string of the molecule is N#Cc1ccc(S(=O)(=O)O)c2cc(S(=O)(=O)O)c(N=Nc3ccc(N=Nc4ccc(S(=O)(=O)O)cc4)cc3C(=O)O)c(O)c12. The number of phenols is 1. The van der Waals surface area contributed by atoms with Gasteiger partial charge >= 0.3 is 5.97 Å². The minimum atomic E-state index is -5.28. The van der Waals surface area contributed by atoms with Crippen LogP contribution in [0.4, 0.5) is 22.7 Å². The number of phenolic OH excluding ortho intramolecular Hbond substituents is 1. The monoisotopic (exact) mass is 661 g/mol. The number of azo groups is 2. The number of carboxylic acid groups (broad SMARTS) is 1. The molecule has 226 valence electrons. The summed E-state index contributed by atoms with van der Waals surface area (Å²) in [6.45, 7) is 0. The van der Waals surface area contributed by atoms with E-state index in [-0.39, 0.29) is 16.9 Å². The summed E-state index contributed by atoms with van der Waals surface area (Å²) in [6, 6.07) is 11.7. The van der Waals surface area contributed by atoms with E-state index in [0.717, 1.165) is 36.4 Å². The lowest BCUT2D eigenvalue weighted by atomic mass is 10.0. The zero-order valence-electron chi connectivity index (χ0n) is 21.3. The van der Waals surface area contributed by atoms with Crippen LogP contribution in [0.3, 0.4) is 0 Å². The molecule has 4 aromatic rings. The molecule has 0 aromatic heterocycles. The molecule has 0 radical (unpaired) electrons. The van der Waals surface area contributed by atoms with Gasteiger partial charge in [0.2, 0.25) is 0 Å². The van der Waals surface area contributed by atoms with Crippen molar-refractivity contribution in [3.63, 3.8) is 0 Å². The zero-order chi connectivity index (χ0) is 32.6. The lowest BCUT2D eigenvalue weighted by molar-refractivity contribution is 0.0697. The molecule has 0 aliphatic carbocycles.